The van der Waals surface area contributed by atoms with Gasteiger partial charge in [-0.3, -0.25) is 14.4 Å². The molecule has 0 aliphatic rings. The minimum atomic E-state index is -0.870. The molecule has 34 heavy (non-hydrogen) atoms. The molecule has 0 aliphatic heterocycles. The van der Waals surface area contributed by atoms with Gasteiger partial charge in [0.15, 0.2) is 18.1 Å². The number of halogens is 3. The van der Waals surface area contributed by atoms with Crippen LogP contribution in [0.1, 0.15) is 25.8 Å². The summed E-state index contributed by atoms with van der Waals surface area (Å²) in [7, 11) is 1.45. The Hall–Kier alpha value is -2.57. The van der Waals surface area contributed by atoms with Crippen LogP contribution in [-0.2, 0) is 14.4 Å². The van der Waals surface area contributed by atoms with Gasteiger partial charge in [-0.1, -0.05) is 30.1 Å². The van der Waals surface area contributed by atoms with Gasteiger partial charge in [-0.05, 0) is 71.8 Å². The Morgan fingerprint density at radius 3 is 2.41 bits per heavy atom. The molecule has 0 radical (unpaired) electrons. The average molecular weight is 621 g/mol. The second-order valence-corrected chi connectivity index (χ2v) is 9.05. The summed E-state index contributed by atoms with van der Waals surface area (Å²) >= 11 is 13.9. The molecule has 3 amide bonds. The highest BCUT2D eigenvalue weighted by atomic mass is 127. The van der Waals surface area contributed by atoms with E-state index in [1.165, 1.54) is 13.3 Å². The van der Waals surface area contributed by atoms with Crippen LogP contribution in [0.3, 0.4) is 0 Å². The number of hydrogen-bond acceptors (Lipinski definition) is 6. The number of nitrogens with one attached hydrogen (secondary N) is 3. The van der Waals surface area contributed by atoms with Crippen molar-refractivity contribution in [3.05, 3.63) is 49.5 Å². The van der Waals surface area contributed by atoms with Crippen LogP contribution in [-0.4, -0.2) is 43.7 Å². The number of carbonyl (C=O) groups is 3. The third-order valence-electron chi connectivity index (χ3n) is 4.32. The molecule has 2 aromatic carbocycles. The molecule has 0 bridgehead atoms. The first kappa shape index (κ1) is 27.7. The average Bonchev–Trinajstić information content (AvgIpc) is 2.76. The van der Waals surface area contributed by atoms with E-state index in [-0.39, 0.29) is 12.6 Å². The summed E-state index contributed by atoms with van der Waals surface area (Å²) in [6, 6.07) is 7.89. The van der Waals surface area contributed by atoms with Crippen LogP contribution in [0.25, 0.3) is 0 Å². The number of methoxy groups -OCH3 is 1. The van der Waals surface area contributed by atoms with E-state index in [1.807, 2.05) is 29.5 Å². The number of nitrogens with zero attached hydrogens (tertiary/aromatic N) is 1. The van der Waals surface area contributed by atoms with E-state index >= 15 is 0 Å². The van der Waals surface area contributed by atoms with Crippen LogP contribution >= 0.6 is 45.8 Å². The van der Waals surface area contributed by atoms with Crippen molar-refractivity contribution >= 4 is 75.4 Å². The van der Waals surface area contributed by atoms with E-state index in [0.717, 1.165) is 0 Å². The first-order valence-corrected chi connectivity index (χ1v) is 11.9. The summed E-state index contributed by atoms with van der Waals surface area (Å²) in [5.41, 5.74) is 3.20. The fraction of sp³-hybridized carbons (Fsp3) is 0.273. The highest BCUT2D eigenvalue weighted by Gasteiger charge is 2.16. The molecular formula is C22H23Cl2IN4O5. The summed E-state index contributed by atoms with van der Waals surface area (Å²) < 4.78 is 11.7. The van der Waals surface area contributed by atoms with Crippen molar-refractivity contribution in [1.29, 1.82) is 0 Å². The molecule has 0 fully saturated rings. The molecule has 2 aromatic rings. The number of ether oxygens (including phenoxy) is 2. The van der Waals surface area contributed by atoms with E-state index in [2.05, 4.69) is 21.2 Å². The summed E-state index contributed by atoms with van der Waals surface area (Å²) in [5, 5.41) is 9.80. The van der Waals surface area contributed by atoms with Gasteiger partial charge in [-0.2, -0.15) is 5.10 Å². The monoisotopic (exact) mass is 620 g/mol. The Balaban J connectivity index is 2.00. The fourth-order valence-electron chi connectivity index (χ4n) is 2.52. The number of benzene rings is 2. The lowest BCUT2D eigenvalue weighted by Gasteiger charge is -2.14. The van der Waals surface area contributed by atoms with Gasteiger partial charge in [0, 0.05) is 21.8 Å². The standard InChI is InChI=1S/C22H23Cl2IN4O5/c1-4-12(2)27-21(31)22(32)29-26-10-13-5-17(25)20(18(6-13)33-3)34-11-19(30)28-16-8-14(23)7-15(24)9-16/h5-10,12H,4,11H2,1-3H3,(H,27,31)(H,28,30)(H,29,32)/b26-10-/t12-/m0/s1. The molecule has 12 heteroatoms. The van der Waals surface area contributed by atoms with E-state index in [0.29, 0.717) is 42.8 Å². The maximum atomic E-state index is 12.3. The lowest BCUT2D eigenvalue weighted by Crippen LogP contribution is -2.41. The predicted octanol–water partition coefficient (Wildman–Crippen LogP) is 3.99. The second-order valence-electron chi connectivity index (χ2n) is 7.01. The Morgan fingerprint density at radius 1 is 1.12 bits per heavy atom. The van der Waals surface area contributed by atoms with Gasteiger partial charge in [0.25, 0.3) is 5.91 Å². The first-order valence-electron chi connectivity index (χ1n) is 10.0. The Bertz CT molecular complexity index is 1080. The van der Waals surface area contributed by atoms with E-state index in [4.69, 9.17) is 32.7 Å². The van der Waals surface area contributed by atoms with Crippen molar-refractivity contribution in [2.24, 2.45) is 5.10 Å². The molecule has 9 nitrogen and oxygen atoms in total. The molecule has 0 unspecified atom stereocenters. The normalized spacial score (nSPS) is 11.6. The molecule has 0 saturated heterocycles. The zero-order chi connectivity index (χ0) is 25.3. The maximum absolute atomic E-state index is 12.3. The van der Waals surface area contributed by atoms with Gasteiger partial charge >= 0.3 is 11.8 Å². The van der Waals surface area contributed by atoms with E-state index in [1.54, 1.807) is 37.3 Å². The lowest BCUT2D eigenvalue weighted by molar-refractivity contribution is -0.139. The van der Waals surface area contributed by atoms with Crippen molar-refractivity contribution in [3.63, 3.8) is 0 Å². The number of rotatable bonds is 9. The summed E-state index contributed by atoms with van der Waals surface area (Å²) in [6.45, 7) is 3.40. The van der Waals surface area contributed by atoms with Gasteiger partial charge < -0.3 is 20.1 Å². The van der Waals surface area contributed by atoms with Crippen molar-refractivity contribution < 1.29 is 23.9 Å². The topological polar surface area (TPSA) is 118 Å². The zero-order valence-electron chi connectivity index (χ0n) is 18.6. The Labute approximate surface area is 220 Å². The molecule has 3 N–H and O–H groups in total. The van der Waals surface area contributed by atoms with Crippen LogP contribution < -0.4 is 25.5 Å². The molecule has 0 aliphatic carbocycles. The predicted molar refractivity (Wildman–Crippen MR) is 140 cm³/mol. The van der Waals surface area contributed by atoms with E-state index < -0.39 is 17.7 Å². The first-order chi connectivity index (χ1) is 16.1. The molecule has 0 heterocycles. The van der Waals surface area contributed by atoms with Crippen LogP contribution in [0.5, 0.6) is 11.5 Å². The van der Waals surface area contributed by atoms with Crippen molar-refractivity contribution in [1.82, 2.24) is 10.7 Å². The highest BCUT2D eigenvalue weighted by Crippen LogP contribution is 2.33. The van der Waals surface area contributed by atoms with Gasteiger partial charge in [0.2, 0.25) is 0 Å². The van der Waals surface area contributed by atoms with Gasteiger partial charge in [0.1, 0.15) is 0 Å². The highest BCUT2D eigenvalue weighted by molar-refractivity contribution is 14.1. The summed E-state index contributed by atoms with van der Waals surface area (Å²) in [6.07, 6.45) is 2.06. The maximum Gasteiger partial charge on any atom is 0.329 e. The molecular weight excluding hydrogens is 598 g/mol. The van der Waals surface area contributed by atoms with Gasteiger partial charge in [0.05, 0.1) is 16.9 Å². The molecule has 2 rings (SSSR count). The SMILES string of the molecule is CC[C@H](C)NC(=O)C(=O)N/N=C\c1cc(I)c(OCC(=O)Nc2cc(Cl)cc(Cl)c2)c(OC)c1. The van der Waals surface area contributed by atoms with Crippen LogP contribution in [0.4, 0.5) is 5.69 Å². The number of amides is 3. The minimum absolute atomic E-state index is 0.119. The van der Waals surface area contributed by atoms with Crippen molar-refractivity contribution in [2.75, 3.05) is 19.0 Å². The Kier molecular flexibility index (Phi) is 10.9. The Morgan fingerprint density at radius 2 is 1.79 bits per heavy atom. The summed E-state index contributed by atoms with van der Waals surface area (Å²) in [5.74, 6) is -1.34. The fourth-order valence-corrected chi connectivity index (χ4v) is 3.83. The molecule has 0 saturated carbocycles. The van der Waals surface area contributed by atoms with Crippen molar-refractivity contribution in [3.8, 4) is 11.5 Å². The molecule has 1 atom stereocenters. The molecule has 0 aromatic heterocycles. The largest absolute Gasteiger partial charge is 0.493 e. The van der Waals surface area contributed by atoms with Crippen LogP contribution in [0.2, 0.25) is 10.0 Å². The van der Waals surface area contributed by atoms with Crippen LogP contribution in [0, 0.1) is 3.57 Å². The third-order valence-corrected chi connectivity index (χ3v) is 5.56. The number of carbonyl (C=O) groups excluding carboxylic acids is 3. The molecule has 182 valence electrons. The number of hydrogen-bond donors (Lipinski definition) is 3. The van der Waals surface area contributed by atoms with Gasteiger partial charge in [-0.15, -0.1) is 0 Å². The zero-order valence-corrected chi connectivity index (χ0v) is 22.2. The molecule has 0 spiro atoms. The van der Waals surface area contributed by atoms with Gasteiger partial charge in [-0.25, -0.2) is 5.43 Å². The van der Waals surface area contributed by atoms with Crippen LogP contribution in [0.15, 0.2) is 35.4 Å². The minimum Gasteiger partial charge on any atom is -0.493 e. The van der Waals surface area contributed by atoms with Crippen molar-refractivity contribution in [2.45, 2.75) is 26.3 Å². The number of anilines is 1. The quantitative estimate of drug-likeness (QED) is 0.170. The lowest BCUT2D eigenvalue weighted by atomic mass is 10.2. The smallest absolute Gasteiger partial charge is 0.329 e. The number of hydrazone groups is 1. The summed E-state index contributed by atoms with van der Waals surface area (Å²) in [4.78, 5) is 35.8. The van der Waals surface area contributed by atoms with E-state index in [9.17, 15) is 14.4 Å². The second kappa shape index (κ2) is 13.4. The third kappa shape index (κ3) is 8.65.